The predicted octanol–water partition coefficient (Wildman–Crippen LogP) is 4.35. The zero-order chi connectivity index (χ0) is 15.2. The summed E-state index contributed by atoms with van der Waals surface area (Å²) >= 11 is 5.05. The molecule has 2 nitrogen and oxygen atoms in total. The molecule has 1 atom stereocenters. The fourth-order valence-electron chi connectivity index (χ4n) is 2.57. The van der Waals surface area contributed by atoms with Gasteiger partial charge in [0.1, 0.15) is 0 Å². The quantitative estimate of drug-likeness (QED) is 0.726. The summed E-state index contributed by atoms with van der Waals surface area (Å²) in [4.78, 5) is 1.18. The molecule has 1 aromatic heterocycles. The van der Waals surface area contributed by atoms with Crippen LogP contribution in [0.4, 0.5) is 18.9 Å². The number of anilines is 1. The van der Waals surface area contributed by atoms with Crippen LogP contribution >= 0.6 is 27.3 Å². The molecule has 0 amide bonds. The fraction of sp³-hybridized carbons (Fsp3) is 0.286. The number of nitrogen functional groups attached to an aromatic ring is 1. The molecular weight excluding hydrogens is 365 g/mol. The highest BCUT2D eigenvalue weighted by molar-refractivity contribution is 9.11. The monoisotopic (exact) mass is 376 g/mol. The van der Waals surface area contributed by atoms with Crippen molar-refractivity contribution in [3.63, 3.8) is 0 Å². The number of hydrogen-bond donors (Lipinski definition) is 2. The van der Waals surface area contributed by atoms with E-state index in [1.165, 1.54) is 10.9 Å². The van der Waals surface area contributed by atoms with Crippen LogP contribution in [0.1, 0.15) is 27.6 Å². The summed E-state index contributed by atoms with van der Waals surface area (Å²) in [6, 6.07) is 5.16. The Bertz CT molecular complexity index is 681. The van der Waals surface area contributed by atoms with E-state index in [2.05, 4.69) is 21.2 Å². The normalized spacial score (nSPS) is 18.6. The Labute approximate surface area is 132 Å². The van der Waals surface area contributed by atoms with Gasteiger partial charge in [0.05, 0.1) is 15.4 Å². The largest absolute Gasteiger partial charge is 0.416 e. The number of benzene rings is 1. The van der Waals surface area contributed by atoms with Crippen LogP contribution in [0.5, 0.6) is 0 Å². The van der Waals surface area contributed by atoms with Gasteiger partial charge in [-0.3, -0.25) is 0 Å². The summed E-state index contributed by atoms with van der Waals surface area (Å²) in [6.45, 7) is 0.723. The van der Waals surface area contributed by atoms with E-state index in [4.69, 9.17) is 5.73 Å². The van der Waals surface area contributed by atoms with Crippen LogP contribution in [0, 0.1) is 0 Å². The van der Waals surface area contributed by atoms with E-state index in [9.17, 15) is 13.2 Å². The second-order valence-corrected chi connectivity index (χ2v) is 7.42. The smallest absolute Gasteiger partial charge is 0.398 e. The zero-order valence-electron chi connectivity index (χ0n) is 10.8. The summed E-state index contributed by atoms with van der Waals surface area (Å²) < 4.78 is 39.7. The first kappa shape index (κ1) is 14.9. The van der Waals surface area contributed by atoms with Crippen LogP contribution in [0.3, 0.4) is 0 Å². The van der Waals surface area contributed by atoms with E-state index in [0.717, 1.165) is 34.4 Å². The molecule has 0 spiro atoms. The highest BCUT2D eigenvalue weighted by atomic mass is 79.9. The fourth-order valence-corrected chi connectivity index (χ4v) is 4.32. The first-order valence-electron chi connectivity index (χ1n) is 6.34. The molecule has 1 aliphatic rings. The molecule has 21 heavy (non-hydrogen) atoms. The van der Waals surface area contributed by atoms with Crippen LogP contribution < -0.4 is 11.1 Å². The molecule has 0 saturated heterocycles. The molecule has 3 rings (SSSR count). The van der Waals surface area contributed by atoms with E-state index < -0.39 is 11.7 Å². The number of rotatable bonds is 1. The lowest BCUT2D eigenvalue weighted by Crippen LogP contribution is -2.30. The lowest BCUT2D eigenvalue weighted by molar-refractivity contribution is -0.137. The van der Waals surface area contributed by atoms with Crippen molar-refractivity contribution in [2.24, 2.45) is 0 Å². The van der Waals surface area contributed by atoms with Gasteiger partial charge in [0.25, 0.3) is 0 Å². The number of nitrogens with two attached hydrogens (primary N) is 1. The van der Waals surface area contributed by atoms with Crippen molar-refractivity contribution in [3.05, 3.63) is 49.6 Å². The third kappa shape index (κ3) is 2.82. The maximum Gasteiger partial charge on any atom is 0.416 e. The maximum atomic E-state index is 12.9. The van der Waals surface area contributed by atoms with Crippen LogP contribution in [0.2, 0.25) is 0 Å². The first-order chi connectivity index (χ1) is 9.86. The Balaban J connectivity index is 2.09. The zero-order valence-corrected chi connectivity index (χ0v) is 13.2. The second kappa shape index (κ2) is 5.30. The lowest BCUT2D eigenvalue weighted by Gasteiger charge is -2.26. The standard InChI is InChI=1S/C14H12BrF3N2S/c15-12-6-9-11(21-12)3-4-20-13(9)8-5-7(14(16,17)18)1-2-10(8)19/h1-2,5-6,13,20H,3-4,19H2. The summed E-state index contributed by atoms with van der Waals surface area (Å²) in [5.74, 6) is 0. The Morgan fingerprint density at radius 1 is 1.24 bits per heavy atom. The number of nitrogens with one attached hydrogen (secondary N) is 1. The molecule has 0 radical (unpaired) electrons. The SMILES string of the molecule is Nc1ccc(C(F)(F)F)cc1C1NCCc2sc(Br)cc21. The van der Waals surface area contributed by atoms with Gasteiger partial charge in [-0.05, 0) is 57.7 Å². The average molecular weight is 377 g/mol. The van der Waals surface area contributed by atoms with Crippen molar-refractivity contribution in [1.82, 2.24) is 5.32 Å². The minimum Gasteiger partial charge on any atom is -0.398 e. The van der Waals surface area contributed by atoms with Crippen molar-refractivity contribution >= 4 is 33.0 Å². The second-order valence-electron chi connectivity index (χ2n) is 4.91. The van der Waals surface area contributed by atoms with Crippen molar-refractivity contribution in [2.45, 2.75) is 18.6 Å². The van der Waals surface area contributed by atoms with Crippen LogP contribution in [0.25, 0.3) is 0 Å². The highest BCUT2D eigenvalue weighted by Crippen LogP contribution is 2.40. The molecule has 2 heterocycles. The van der Waals surface area contributed by atoms with E-state index in [1.807, 2.05) is 6.07 Å². The summed E-state index contributed by atoms with van der Waals surface area (Å²) in [6.07, 6.45) is -3.49. The van der Waals surface area contributed by atoms with E-state index in [1.54, 1.807) is 11.3 Å². The van der Waals surface area contributed by atoms with E-state index in [0.29, 0.717) is 11.3 Å². The molecule has 1 unspecified atom stereocenters. The number of halogens is 4. The number of fused-ring (bicyclic) bond motifs is 1. The van der Waals surface area contributed by atoms with Crippen molar-refractivity contribution < 1.29 is 13.2 Å². The molecule has 7 heteroatoms. The molecule has 0 bridgehead atoms. The van der Waals surface area contributed by atoms with Gasteiger partial charge < -0.3 is 11.1 Å². The molecule has 0 fully saturated rings. The van der Waals surface area contributed by atoms with Crippen LogP contribution in [-0.2, 0) is 12.6 Å². The lowest BCUT2D eigenvalue weighted by atomic mass is 9.93. The van der Waals surface area contributed by atoms with Gasteiger partial charge in [-0.15, -0.1) is 11.3 Å². The Hall–Kier alpha value is -1.05. The van der Waals surface area contributed by atoms with Crippen molar-refractivity contribution in [3.8, 4) is 0 Å². The number of thiophene rings is 1. The topological polar surface area (TPSA) is 38.0 Å². The van der Waals surface area contributed by atoms with Gasteiger partial charge in [0.15, 0.2) is 0 Å². The Kier molecular flexibility index (Phi) is 3.75. The third-order valence-electron chi connectivity index (χ3n) is 3.55. The molecule has 1 aliphatic heterocycles. The average Bonchev–Trinajstić information content (AvgIpc) is 2.78. The highest BCUT2D eigenvalue weighted by Gasteiger charge is 2.33. The van der Waals surface area contributed by atoms with Gasteiger partial charge >= 0.3 is 6.18 Å². The Morgan fingerprint density at radius 2 is 2.00 bits per heavy atom. The summed E-state index contributed by atoms with van der Waals surface area (Å²) in [7, 11) is 0. The predicted molar refractivity (Wildman–Crippen MR) is 81.4 cm³/mol. The molecular formula is C14H12BrF3N2S. The van der Waals surface area contributed by atoms with Gasteiger partial charge in [0, 0.05) is 17.1 Å². The van der Waals surface area contributed by atoms with Crippen LogP contribution in [-0.4, -0.2) is 6.54 Å². The van der Waals surface area contributed by atoms with E-state index in [-0.39, 0.29) is 6.04 Å². The number of hydrogen-bond acceptors (Lipinski definition) is 3. The molecule has 2 aromatic rings. The van der Waals surface area contributed by atoms with Gasteiger partial charge in [-0.2, -0.15) is 13.2 Å². The minimum absolute atomic E-state index is 0.293. The third-order valence-corrected chi connectivity index (χ3v) is 5.26. The molecule has 0 saturated carbocycles. The van der Waals surface area contributed by atoms with Gasteiger partial charge in [0.2, 0.25) is 0 Å². The molecule has 1 aromatic carbocycles. The minimum atomic E-state index is -4.37. The Morgan fingerprint density at radius 3 is 2.71 bits per heavy atom. The summed E-state index contributed by atoms with van der Waals surface area (Å²) in [5.41, 5.74) is 7.10. The van der Waals surface area contributed by atoms with Gasteiger partial charge in [-0.25, -0.2) is 0 Å². The molecule has 3 N–H and O–H groups in total. The first-order valence-corrected chi connectivity index (χ1v) is 7.95. The summed E-state index contributed by atoms with van der Waals surface area (Å²) in [5, 5.41) is 3.26. The molecule has 0 aliphatic carbocycles. The van der Waals surface area contributed by atoms with Crippen molar-refractivity contribution in [1.29, 1.82) is 0 Å². The maximum absolute atomic E-state index is 12.9. The van der Waals surface area contributed by atoms with E-state index >= 15 is 0 Å². The van der Waals surface area contributed by atoms with Crippen molar-refractivity contribution in [2.75, 3.05) is 12.3 Å². The van der Waals surface area contributed by atoms with Gasteiger partial charge in [-0.1, -0.05) is 0 Å². The number of alkyl halides is 3. The van der Waals surface area contributed by atoms with Crippen LogP contribution in [0.15, 0.2) is 28.1 Å². The molecule has 112 valence electrons.